The van der Waals surface area contributed by atoms with Gasteiger partial charge in [0.15, 0.2) is 17.5 Å². The van der Waals surface area contributed by atoms with Gasteiger partial charge in [0.25, 0.3) is 0 Å². The molecule has 0 bridgehead atoms. The third kappa shape index (κ3) is 2.89. The van der Waals surface area contributed by atoms with Crippen molar-refractivity contribution in [3.63, 3.8) is 0 Å². The molecule has 1 saturated heterocycles. The average Bonchev–Trinajstić information content (AvgIpc) is 2.69. The number of amides is 1. The molecule has 2 rings (SSSR count). The number of ether oxygens (including phenoxy) is 1. The lowest BCUT2D eigenvalue weighted by molar-refractivity contribution is -0.123. The van der Waals surface area contributed by atoms with Crippen LogP contribution in [0.1, 0.15) is 5.56 Å². The molecule has 1 N–H and O–H groups in total. The van der Waals surface area contributed by atoms with Gasteiger partial charge in [0.2, 0.25) is 5.91 Å². The SMILES string of the molecule is COCC1CNC(=O)C1Cc1cc(F)c(F)c(F)c1. The molecule has 0 aliphatic carbocycles. The van der Waals surface area contributed by atoms with E-state index in [-0.39, 0.29) is 23.8 Å². The van der Waals surface area contributed by atoms with Gasteiger partial charge in [-0.05, 0) is 24.1 Å². The maximum Gasteiger partial charge on any atom is 0.223 e. The summed E-state index contributed by atoms with van der Waals surface area (Å²) in [5, 5.41) is 2.68. The van der Waals surface area contributed by atoms with Gasteiger partial charge in [-0.3, -0.25) is 4.79 Å². The molecule has 19 heavy (non-hydrogen) atoms. The molecule has 1 aromatic rings. The summed E-state index contributed by atoms with van der Waals surface area (Å²) >= 11 is 0. The highest BCUT2D eigenvalue weighted by Crippen LogP contribution is 2.24. The molecule has 2 atom stereocenters. The third-order valence-electron chi connectivity index (χ3n) is 3.32. The molecule has 0 radical (unpaired) electrons. The van der Waals surface area contributed by atoms with Crippen LogP contribution in [-0.2, 0) is 16.0 Å². The summed E-state index contributed by atoms with van der Waals surface area (Å²) in [4.78, 5) is 11.7. The fourth-order valence-electron chi connectivity index (χ4n) is 2.35. The molecule has 1 aromatic carbocycles. The summed E-state index contributed by atoms with van der Waals surface area (Å²) in [5.74, 6) is -4.61. The van der Waals surface area contributed by atoms with E-state index in [1.54, 1.807) is 0 Å². The fraction of sp³-hybridized carbons (Fsp3) is 0.462. The van der Waals surface area contributed by atoms with Crippen molar-refractivity contribution < 1.29 is 22.7 Å². The van der Waals surface area contributed by atoms with Crippen LogP contribution in [0, 0.1) is 29.3 Å². The van der Waals surface area contributed by atoms with Crippen molar-refractivity contribution in [3.8, 4) is 0 Å². The van der Waals surface area contributed by atoms with Crippen LogP contribution in [0.4, 0.5) is 13.2 Å². The molecule has 0 saturated carbocycles. The summed E-state index contributed by atoms with van der Waals surface area (Å²) in [6.45, 7) is 0.860. The maximum absolute atomic E-state index is 13.1. The van der Waals surface area contributed by atoms with Gasteiger partial charge in [0.05, 0.1) is 6.61 Å². The number of halogens is 3. The number of nitrogens with one attached hydrogen (secondary N) is 1. The Labute approximate surface area is 108 Å². The van der Waals surface area contributed by atoms with Crippen molar-refractivity contribution in [1.29, 1.82) is 0 Å². The number of carbonyl (C=O) groups excluding carboxylic acids is 1. The standard InChI is InChI=1S/C13H14F3NO2/c1-19-6-8-5-17-13(18)9(8)2-7-3-10(14)12(16)11(15)4-7/h3-4,8-9H,2,5-6H2,1H3,(H,17,18). The van der Waals surface area contributed by atoms with Gasteiger partial charge < -0.3 is 10.1 Å². The van der Waals surface area contributed by atoms with E-state index in [0.29, 0.717) is 13.2 Å². The molecular formula is C13H14F3NO2. The van der Waals surface area contributed by atoms with E-state index < -0.39 is 23.4 Å². The first kappa shape index (κ1) is 13.9. The molecule has 1 amide bonds. The van der Waals surface area contributed by atoms with Crippen LogP contribution in [0.5, 0.6) is 0 Å². The lowest BCUT2D eigenvalue weighted by atomic mass is 9.89. The molecule has 1 aliphatic rings. The van der Waals surface area contributed by atoms with E-state index in [1.807, 2.05) is 0 Å². The lowest BCUT2D eigenvalue weighted by Crippen LogP contribution is -2.23. The molecule has 6 heteroatoms. The topological polar surface area (TPSA) is 38.3 Å². The zero-order valence-corrected chi connectivity index (χ0v) is 10.4. The van der Waals surface area contributed by atoms with Crippen molar-refractivity contribution in [2.45, 2.75) is 6.42 Å². The summed E-state index contributed by atoms with van der Waals surface area (Å²) < 4.78 is 44.1. The number of methoxy groups -OCH3 is 1. The minimum atomic E-state index is -1.49. The van der Waals surface area contributed by atoms with Gasteiger partial charge in [-0.15, -0.1) is 0 Å². The van der Waals surface area contributed by atoms with Crippen LogP contribution < -0.4 is 5.32 Å². The van der Waals surface area contributed by atoms with Crippen molar-refractivity contribution in [2.24, 2.45) is 11.8 Å². The summed E-state index contributed by atoms with van der Waals surface area (Å²) in [7, 11) is 1.52. The number of hydrogen-bond donors (Lipinski definition) is 1. The van der Waals surface area contributed by atoms with E-state index in [9.17, 15) is 18.0 Å². The number of rotatable bonds is 4. The van der Waals surface area contributed by atoms with Crippen molar-refractivity contribution in [1.82, 2.24) is 5.32 Å². The molecule has 0 aromatic heterocycles. The van der Waals surface area contributed by atoms with Gasteiger partial charge >= 0.3 is 0 Å². The predicted molar refractivity (Wildman–Crippen MR) is 61.9 cm³/mol. The minimum absolute atomic E-state index is 0.0475. The van der Waals surface area contributed by atoms with Gasteiger partial charge in [-0.25, -0.2) is 13.2 Å². The fourth-order valence-corrected chi connectivity index (χ4v) is 2.35. The molecule has 1 aliphatic heterocycles. The third-order valence-corrected chi connectivity index (χ3v) is 3.32. The first-order chi connectivity index (χ1) is 9.02. The van der Waals surface area contributed by atoms with E-state index in [2.05, 4.69) is 5.32 Å². The molecule has 0 spiro atoms. The first-order valence-electron chi connectivity index (χ1n) is 5.93. The second kappa shape index (κ2) is 5.61. The Hall–Kier alpha value is -1.56. The van der Waals surface area contributed by atoms with Gasteiger partial charge in [-0.1, -0.05) is 0 Å². The van der Waals surface area contributed by atoms with Gasteiger partial charge in [0.1, 0.15) is 0 Å². The highest BCUT2D eigenvalue weighted by Gasteiger charge is 2.34. The Morgan fingerprint density at radius 1 is 1.32 bits per heavy atom. The summed E-state index contributed by atoms with van der Waals surface area (Å²) in [6.07, 6.45) is 0.161. The Morgan fingerprint density at radius 2 is 1.95 bits per heavy atom. The number of carbonyl (C=O) groups is 1. The highest BCUT2D eigenvalue weighted by molar-refractivity contribution is 5.81. The van der Waals surface area contributed by atoms with E-state index >= 15 is 0 Å². The Bertz CT molecular complexity index is 470. The van der Waals surface area contributed by atoms with Crippen LogP contribution in [0.25, 0.3) is 0 Å². The average molecular weight is 273 g/mol. The second-order valence-electron chi connectivity index (χ2n) is 4.64. The van der Waals surface area contributed by atoms with E-state index in [0.717, 1.165) is 12.1 Å². The zero-order chi connectivity index (χ0) is 14.0. The Kier molecular flexibility index (Phi) is 4.09. The Morgan fingerprint density at radius 3 is 2.53 bits per heavy atom. The summed E-state index contributed by atoms with van der Waals surface area (Å²) in [5.41, 5.74) is 0.263. The Balaban J connectivity index is 2.17. The molecular weight excluding hydrogens is 259 g/mol. The van der Waals surface area contributed by atoms with E-state index in [4.69, 9.17) is 4.74 Å². The quantitative estimate of drug-likeness (QED) is 0.847. The molecule has 1 heterocycles. The first-order valence-corrected chi connectivity index (χ1v) is 5.93. The van der Waals surface area contributed by atoms with Gasteiger partial charge in [0, 0.05) is 25.5 Å². The smallest absolute Gasteiger partial charge is 0.223 e. The van der Waals surface area contributed by atoms with E-state index in [1.165, 1.54) is 7.11 Å². The molecule has 1 fully saturated rings. The number of hydrogen-bond acceptors (Lipinski definition) is 2. The lowest BCUT2D eigenvalue weighted by Gasteiger charge is -2.16. The van der Waals surface area contributed by atoms with Crippen LogP contribution in [0.2, 0.25) is 0 Å². The van der Waals surface area contributed by atoms with Crippen molar-refractivity contribution in [2.75, 3.05) is 20.3 Å². The van der Waals surface area contributed by atoms with Crippen LogP contribution in [-0.4, -0.2) is 26.2 Å². The van der Waals surface area contributed by atoms with Crippen LogP contribution >= 0.6 is 0 Å². The molecule has 2 unspecified atom stereocenters. The molecule has 3 nitrogen and oxygen atoms in total. The van der Waals surface area contributed by atoms with Crippen molar-refractivity contribution >= 4 is 5.91 Å². The van der Waals surface area contributed by atoms with Crippen molar-refractivity contribution in [3.05, 3.63) is 35.1 Å². The van der Waals surface area contributed by atoms with Crippen LogP contribution in [0.3, 0.4) is 0 Å². The van der Waals surface area contributed by atoms with Gasteiger partial charge in [-0.2, -0.15) is 0 Å². The molecule has 104 valence electrons. The number of benzene rings is 1. The predicted octanol–water partition coefficient (Wildman–Crippen LogP) is 1.65. The second-order valence-corrected chi connectivity index (χ2v) is 4.64. The summed E-state index contributed by atoms with van der Waals surface area (Å²) in [6, 6.07) is 1.85. The maximum atomic E-state index is 13.1. The monoisotopic (exact) mass is 273 g/mol. The normalized spacial score (nSPS) is 22.6. The zero-order valence-electron chi connectivity index (χ0n) is 10.4. The van der Waals surface area contributed by atoms with Crippen LogP contribution in [0.15, 0.2) is 12.1 Å². The minimum Gasteiger partial charge on any atom is -0.384 e. The highest BCUT2D eigenvalue weighted by atomic mass is 19.2. The largest absolute Gasteiger partial charge is 0.384 e.